The number of carbonyl (C=O) groups is 3. The van der Waals surface area contributed by atoms with Crippen LogP contribution in [-0.2, 0) is 9.59 Å². The van der Waals surface area contributed by atoms with Crippen molar-refractivity contribution in [2.75, 3.05) is 25.1 Å². The first-order valence-electron chi connectivity index (χ1n) is 9.61. The average Bonchev–Trinajstić information content (AvgIpc) is 2.99. The number of carbonyl (C=O) groups excluding carboxylic acids is 3. The topological polar surface area (TPSA) is 84.9 Å². The Bertz CT molecular complexity index is 1020. The number of hydrogen-bond donors (Lipinski definition) is 1. The number of nitrogens with one attached hydrogen (secondary N) is 1. The molecule has 0 saturated carbocycles. The van der Waals surface area contributed by atoms with E-state index >= 15 is 0 Å². The molecule has 0 unspecified atom stereocenters. The van der Waals surface area contributed by atoms with Gasteiger partial charge in [0.2, 0.25) is 5.91 Å². The molecule has 0 radical (unpaired) electrons. The number of imide groups is 1. The van der Waals surface area contributed by atoms with Gasteiger partial charge in [-0.05, 0) is 73.6 Å². The minimum Gasteiger partial charge on any atom is -0.494 e. The summed E-state index contributed by atoms with van der Waals surface area (Å²) in [5.41, 5.74) is 1.19. The van der Waals surface area contributed by atoms with Crippen molar-refractivity contribution in [3.63, 3.8) is 0 Å². The molecule has 0 spiro atoms. The highest BCUT2D eigenvalue weighted by Crippen LogP contribution is 2.33. The number of amides is 3. The first kappa shape index (κ1) is 22.7. The van der Waals surface area contributed by atoms with Crippen molar-refractivity contribution >= 4 is 52.2 Å². The van der Waals surface area contributed by atoms with E-state index in [4.69, 9.17) is 21.1 Å². The highest BCUT2D eigenvalue weighted by molar-refractivity contribution is 8.18. The molecule has 3 rings (SSSR count). The van der Waals surface area contributed by atoms with Crippen molar-refractivity contribution in [1.82, 2.24) is 4.90 Å². The maximum absolute atomic E-state index is 12.6. The van der Waals surface area contributed by atoms with Crippen LogP contribution in [0.15, 0.2) is 47.4 Å². The second-order valence-corrected chi connectivity index (χ2v) is 7.80. The van der Waals surface area contributed by atoms with Crippen LogP contribution in [0.2, 0.25) is 5.02 Å². The van der Waals surface area contributed by atoms with Gasteiger partial charge in [-0.2, -0.15) is 0 Å². The van der Waals surface area contributed by atoms with Crippen molar-refractivity contribution in [1.29, 1.82) is 0 Å². The number of halogens is 1. The van der Waals surface area contributed by atoms with E-state index < -0.39 is 17.1 Å². The lowest BCUT2D eigenvalue weighted by Gasteiger charge is -2.12. The molecule has 3 amide bonds. The molecule has 2 aromatic rings. The summed E-state index contributed by atoms with van der Waals surface area (Å²) in [6.07, 6.45) is 1.57. The molecule has 2 aromatic carbocycles. The maximum Gasteiger partial charge on any atom is 0.294 e. The molecule has 0 aliphatic carbocycles. The molecule has 31 heavy (non-hydrogen) atoms. The highest BCUT2D eigenvalue weighted by Gasteiger charge is 2.36. The van der Waals surface area contributed by atoms with E-state index in [9.17, 15) is 14.4 Å². The van der Waals surface area contributed by atoms with Crippen LogP contribution in [0.1, 0.15) is 19.4 Å². The minimum atomic E-state index is -0.526. The lowest BCUT2D eigenvalue weighted by Crippen LogP contribution is -2.36. The molecule has 1 fully saturated rings. The molecular formula is C22H21ClN2O5S. The van der Waals surface area contributed by atoms with Crippen LogP contribution < -0.4 is 14.8 Å². The Morgan fingerprint density at radius 1 is 1.10 bits per heavy atom. The van der Waals surface area contributed by atoms with E-state index in [0.717, 1.165) is 16.7 Å². The minimum absolute atomic E-state index is 0.221. The normalized spacial score (nSPS) is 14.8. The van der Waals surface area contributed by atoms with E-state index in [0.29, 0.717) is 41.0 Å². The second-order valence-electron chi connectivity index (χ2n) is 6.40. The Balaban J connectivity index is 1.65. The zero-order valence-corrected chi connectivity index (χ0v) is 18.6. The largest absolute Gasteiger partial charge is 0.494 e. The van der Waals surface area contributed by atoms with Gasteiger partial charge >= 0.3 is 0 Å². The van der Waals surface area contributed by atoms with Crippen molar-refractivity contribution in [3.05, 3.63) is 58.0 Å². The smallest absolute Gasteiger partial charge is 0.294 e. The van der Waals surface area contributed by atoms with Gasteiger partial charge < -0.3 is 14.8 Å². The van der Waals surface area contributed by atoms with Gasteiger partial charge in [0.1, 0.15) is 18.0 Å². The lowest BCUT2D eigenvalue weighted by molar-refractivity contribution is -0.127. The predicted octanol–water partition coefficient (Wildman–Crippen LogP) is 4.81. The Morgan fingerprint density at radius 3 is 2.45 bits per heavy atom. The third-order valence-electron chi connectivity index (χ3n) is 4.18. The van der Waals surface area contributed by atoms with Gasteiger partial charge in [-0.15, -0.1) is 0 Å². The number of thioether (sulfide) groups is 1. The molecular weight excluding hydrogens is 440 g/mol. The maximum atomic E-state index is 12.6. The number of nitrogens with zero attached hydrogens (tertiary/aromatic N) is 1. The van der Waals surface area contributed by atoms with Crippen molar-refractivity contribution in [2.24, 2.45) is 0 Å². The zero-order chi connectivity index (χ0) is 22.4. The van der Waals surface area contributed by atoms with Crippen molar-refractivity contribution < 1.29 is 23.9 Å². The summed E-state index contributed by atoms with van der Waals surface area (Å²) in [4.78, 5) is 38.4. The molecule has 9 heteroatoms. The number of benzene rings is 2. The molecule has 0 atom stereocenters. The van der Waals surface area contributed by atoms with Gasteiger partial charge in [-0.25, -0.2) is 0 Å². The Kier molecular flexibility index (Phi) is 7.59. The van der Waals surface area contributed by atoms with E-state index in [1.807, 2.05) is 13.8 Å². The van der Waals surface area contributed by atoms with Crippen LogP contribution in [0.3, 0.4) is 0 Å². The molecule has 162 valence electrons. The van der Waals surface area contributed by atoms with Crippen molar-refractivity contribution in [2.45, 2.75) is 13.8 Å². The molecule has 1 aliphatic heterocycles. The van der Waals surface area contributed by atoms with Crippen molar-refractivity contribution in [3.8, 4) is 11.5 Å². The van der Waals surface area contributed by atoms with Crippen LogP contribution >= 0.6 is 23.4 Å². The quantitative estimate of drug-likeness (QED) is 0.569. The van der Waals surface area contributed by atoms with Crippen LogP contribution in [0.25, 0.3) is 6.08 Å². The highest BCUT2D eigenvalue weighted by atomic mass is 35.5. The van der Waals surface area contributed by atoms with Gasteiger partial charge in [0.15, 0.2) is 0 Å². The molecule has 1 aliphatic rings. The summed E-state index contributed by atoms with van der Waals surface area (Å²) >= 11 is 6.96. The van der Waals surface area contributed by atoms with Crippen LogP contribution in [0, 0.1) is 0 Å². The van der Waals surface area contributed by atoms with Gasteiger partial charge in [0.05, 0.1) is 23.1 Å². The van der Waals surface area contributed by atoms with Gasteiger partial charge in [0.25, 0.3) is 11.1 Å². The summed E-state index contributed by atoms with van der Waals surface area (Å²) in [6, 6.07) is 11.9. The average molecular weight is 461 g/mol. The summed E-state index contributed by atoms with van der Waals surface area (Å²) in [5, 5.41) is 2.57. The molecule has 0 aromatic heterocycles. The Labute approximate surface area is 189 Å². The lowest BCUT2D eigenvalue weighted by atomic mass is 10.2. The van der Waals surface area contributed by atoms with Crippen LogP contribution in [-0.4, -0.2) is 41.7 Å². The molecule has 1 N–H and O–H groups in total. The summed E-state index contributed by atoms with van der Waals surface area (Å²) in [6.45, 7) is 4.38. The predicted molar refractivity (Wildman–Crippen MR) is 122 cm³/mol. The van der Waals surface area contributed by atoms with E-state index in [-0.39, 0.29) is 11.4 Å². The van der Waals surface area contributed by atoms with E-state index in [2.05, 4.69) is 5.32 Å². The third-order valence-corrected chi connectivity index (χ3v) is 5.38. The SMILES string of the molecule is CCOc1ccc(NC(=O)CN2C(=O)SC(=Cc3ccc(OCC)c(Cl)c3)C2=O)cc1. The van der Waals surface area contributed by atoms with E-state index in [1.54, 1.807) is 48.5 Å². The second kappa shape index (κ2) is 10.4. The fourth-order valence-corrected chi connectivity index (χ4v) is 3.89. The molecule has 1 saturated heterocycles. The molecule has 0 bridgehead atoms. The molecule has 7 nitrogen and oxygen atoms in total. The Hall–Kier alpha value is -2.97. The number of hydrogen-bond acceptors (Lipinski definition) is 6. The van der Waals surface area contributed by atoms with Gasteiger partial charge in [-0.3, -0.25) is 19.3 Å². The monoisotopic (exact) mass is 460 g/mol. The third kappa shape index (κ3) is 5.80. The van der Waals surface area contributed by atoms with Gasteiger partial charge in [-0.1, -0.05) is 17.7 Å². The number of rotatable bonds is 8. The van der Waals surface area contributed by atoms with Crippen LogP contribution in [0.4, 0.5) is 10.5 Å². The fraction of sp³-hybridized carbons (Fsp3) is 0.227. The zero-order valence-electron chi connectivity index (χ0n) is 17.0. The first-order chi connectivity index (χ1) is 14.9. The van der Waals surface area contributed by atoms with Crippen LogP contribution in [0.5, 0.6) is 11.5 Å². The standard InChI is InChI=1S/C22H21ClN2O5S/c1-3-29-16-8-6-15(7-9-16)24-20(26)13-25-21(27)19(31-22(25)28)12-14-5-10-18(30-4-2)17(23)11-14/h5-12H,3-4,13H2,1-2H3,(H,24,26). The Morgan fingerprint density at radius 2 is 1.81 bits per heavy atom. The summed E-state index contributed by atoms with van der Waals surface area (Å²) in [7, 11) is 0. The number of anilines is 1. The summed E-state index contributed by atoms with van der Waals surface area (Å²) in [5.74, 6) is 0.227. The van der Waals surface area contributed by atoms with E-state index in [1.165, 1.54) is 0 Å². The fourth-order valence-electron chi connectivity index (χ4n) is 2.81. The molecule has 1 heterocycles. The number of ether oxygens (including phenoxy) is 2. The first-order valence-corrected chi connectivity index (χ1v) is 10.8. The van der Waals surface area contributed by atoms with Gasteiger partial charge in [0, 0.05) is 5.69 Å². The summed E-state index contributed by atoms with van der Waals surface area (Å²) < 4.78 is 10.7.